The van der Waals surface area contributed by atoms with Gasteiger partial charge in [0.2, 0.25) is 0 Å². The largest absolute Gasteiger partial charge is 0.330 e. The van der Waals surface area contributed by atoms with E-state index in [0.29, 0.717) is 0 Å². The highest BCUT2D eigenvalue weighted by molar-refractivity contribution is 4.63. The summed E-state index contributed by atoms with van der Waals surface area (Å²) in [6, 6.07) is 0. The SMILES string of the molecule is CCCCCN.Cc1nnn[nH]1. The summed E-state index contributed by atoms with van der Waals surface area (Å²) >= 11 is 0. The van der Waals surface area contributed by atoms with Crippen LogP contribution in [0.3, 0.4) is 0 Å². The lowest BCUT2D eigenvalue weighted by Crippen LogP contribution is -1.96. The molecule has 0 aromatic carbocycles. The molecule has 1 aromatic rings. The van der Waals surface area contributed by atoms with E-state index in [-0.39, 0.29) is 0 Å². The predicted molar refractivity (Wildman–Crippen MR) is 47.5 cm³/mol. The average molecular weight is 171 g/mol. The maximum atomic E-state index is 5.21. The van der Waals surface area contributed by atoms with Gasteiger partial charge >= 0.3 is 0 Å². The Labute approximate surface area is 72.7 Å². The van der Waals surface area contributed by atoms with Crippen molar-refractivity contribution in [2.45, 2.75) is 33.1 Å². The minimum Gasteiger partial charge on any atom is -0.330 e. The summed E-state index contributed by atoms with van der Waals surface area (Å²) in [5.41, 5.74) is 5.21. The topological polar surface area (TPSA) is 80.5 Å². The van der Waals surface area contributed by atoms with Gasteiger partial charge < -0.3 is 5.73 Å². The number of aromatic amines is 1. The van der Waals surface area contributed by atoms with E-state index in [1.807, 2.05) is 0 Å². The fourth-order valence-corrected chi connectivity index (χ4v) is 0.601. The van der Waals surface area contributed by atoms with Gasteiger partial charge in [-0.1, -0.05) is 19.8 Å². The third kappa shape index (κ3) is 7.14. The zero-order valence-electron chi connectivity index (χ0n) is 7.75. The standard InChI is InChI=1S/C5H13N.C2H4N4/c1-2-3-4-5-6;1-2-3-5-6-4-2/h2-6H2,1H3;1H3,(H,3,4,5,6). The van der Waals surface area contributed by atoms with Gasteiger partial charge in [0.1, 0.15) is 5.82 Å². The Morgan fingerprint density at radius 1 is 1.42 bits per heavy atom. The fraction of sp³-hybridized carbons (Fsp3) is 0.857. The number of unbranched alkanes of at least 4 members (excludes halogenated alkanes) is 2. The van der Waals surface area contributed by atoms with Crippen molar-refractivity contribution < 1.29 is 0 Å². The van der Waals surface area contributed by atoms with Gasteiger partial charge in [-0.2, -0.15) is 0 Å². The lowest BCUT2D eigenvalue weighted by Gasteiger charge is -1.86. The molecule has 0 amide bonds. The van der Waals surface area contributed by atoms with Crippen LogP contribution in [0.2, 0.25) is 0 Å². The lowest BCUT2D eigenvalue weighted by molar-refractivity contribution is 0.727. The van der Waals surface area contributed by atoms with Gasteiger partial charge in [0.25, 0.3) is 0 Å². The lowest BCUT2D eigenvalue weighted by atomic mass is 10.3. The van der Waals surface area contributed by atoms with Crippen molar-refractivity contribution in [2.24, 2.45) is 5.73 Å². The molecule has 0 aliphatic rings. The zero-order chi connectivity index (χ0) is 9.23. The summed E-state index contributed by atoms with van der Waals surface area (Å²) in [6.07, 6.45) is 3.75. The van der Waals surface area contributed by atoms with E-state index < -0.39 is 0 Å². The second-order valence-electron chi connectivity index (χ2n) is 2.48. The molecule has 0 saturated heterocycles. The molecule has 0 fully saturated rings. The van der Waals surface area contributed by atoms with Crippen LogP contribution in [0.1, 0.15) is 32.0 Å². The molecule has 0 bridgehead atoms. The molecule has 0 atom stereocenters. The number of nitrogens with zero attached hydrogens (tertiary/aromatic N) is 3. The van der Waals surface area contributed by atoms with Gasteiger partial charge in [-0.25, -0.2) is 5.10 Å². The number of hydrogen-bond acceptors (Lipinski definition) is 4. The summed E-state index contributed by atoms with van der Waals surface area (Å²) in [6.45, 7) is 4.82. The van der Waals surface area contributed by atoms with Gasteiger partial charge in [-0.05, 0) is 30.3 Å². The van der Waals surface area contributed by atoms with Gasteiger partial charge in [0.05, 0.1) is 0 Å². The van der Waals surface area contributed by atoms with E-state index in [4.69, 9.17) is 5.73 Å². The van der Waals surface area contributed by atoms with Crippen LogP contribution >= 0.6 is 0 Å². The first-order valence-corrected chi connectivity index (χ1v) is 4.21. The second-order valence-corrected chi connectivity index (χ2v) is 2.48. The number of H-pyrrole nitrogens is 1. The minimum atomic E-state index is 0.745. The van der Waals surface area contributed by atoms with Crippen molar-refractivity contribution in [2.75, 3.05) is 6.54 Å². The van der Waals surface area contributed by atoms with Crippen LogP contribution in [0.5, 0.6) is 0 Å². The Kier molecular flexibility index (Phi) is 7.47. The van der Waals surface area contributed by atoms with Gasteiger partial charge in [-0.15, -0.1) is 5.10 Å². The predicted octanol–water partition coefficient (Wildman–Crippen LogP) is 0.643. The Morgan fingerprint density at radius 3 is 2.33 bits per heavy atom. The molecule has 3 N–H and O–H groups in total. The van der Waals surface area contributed by atoms with Crippen LogP contribution < -0.4 is 5.73 Å². The number of rotatable bonds is 3. The normalized spacial score (nSPS) is 8.92. The number of tetrazole rings is 1. The van der Waals surface area contributed by atoms with Crippen LogP contribution in [0.15, 0.2) is 0 Å². The number of aryl methyl sites for hydroxylation is 1. The van der Waals surface area contributed by atoms with Crippen LogP contribution in [-0.4, -0.2) is 27.2 Å². The highest BCUT2D eigenvalue weighted by Gasteiger charge is 1.77. The molecule has 1 heterocycles. The molecule has 5 nitrogen and oxygen atoms in total. The van der Waals surface area contributed by atoms with E-state index in [2.05, 4.69) is 27.5 Å². The monoisotopic (exact) mass is 171 g/mol. The maximum Gasteiger partial charge on any atom is 0.145 e. The van der Waals surface area contributed by atoms with E-state index in [1.165, 1.54) is 19.3 Å². The molecule has 12 heavy (non-hydrogen) atoms. The number of aromatic nitrogens is 4. The van der Waals surface area contributed by atoms with Crippen molar-refractivity contribution >= 4 is 0 Å². The smallest absolute Gasteiger partial charge is 0.145 e. The molecule has 1 aromatic heterocycles. The third-order valence-corrected chi connectivity index (χ3v) is 1.26. The Hall–Kier alpha value is -0.970. The minimum absolute atomic E-state index is 0.745. The summed E-state index contributed by atoms with van der Waals surface area (Å²) in [4.78, 5) is 0. The molecule has 70 valence electrons. The highest BCUT2D eigenvalue weighted by atomic mass is 15.5. The molecule has 0 unspecified atom stereocenters. The van der Waals surface area contributed by atoms with Crippen molar-refractivity contribution in [3.63, 3.8) is 0 Å². The van der Waals surface area contributed by atoms with Crippen LogP contribution in [0.4, 0.5) is 0 Å². The summed E-state index contributed by atoms with van der Waals surface area (Å²) < 4.78 is 0. The fourth-order valence-electron chi connectivity index (χ4n) is 0.601. The number of hydrogen-bond donors (Lipinski definition) is 2. The van der Waals surface area contributed by atoms with E-state index in [1.54, 1.807) is 6.92 Å². The molecule has 0 aliphatic heterocycles. The van der Waals surface area contributed by atoms with E-state index in [0.717, 1.165) is 12.4 Å². The molecule has 5 heteroatoms. The van der Waals surface area contributed by atoms with Crippen LogP contribution in [0.25, 0.3) is 0 Å². The molecule has 0 radical (unpaired) electrons. The summed E-state index contributed by atoms with van der Waals surface area (Å²) in [5.74, 6) is 0.745. The average Bonchev–Trinajstić information content (AvgIpc) is 2.53. The van der Waals surface area contributed by atoms with Crippen LogP contribution in [0, 0.1) is 6.92 Å². The molecular weight excluding hydrogens is 154 g/mol. The number of nitrogens with two attached hydrogens (primary N) is 1. The van der Waals surface area contributed by atoms with Crippen molar-refractivity contribution in [1.29, 1.82) is 0 Å². The zero-order valence-corrected chi connectivity index (χ0v) is 7.75. The molecule has 0 spiro atoms. The highest BCUT2D eigenvalue weighted by Crippen LogP contribution is 1.88. The van der Waals surface area contributed by atoms with Crippen LogP contribution in [-0.2, 0) is 0 Å². The second kappa shape index (κ2) is 8.13. The first-order valence-electron chi connectivity index (χ1n) is 4.21. The van der Waals surface area contributed by atoms with Gasteiger partial charge in [0, 0.05) is 0 Å². The van der Waals surface area contributed by atoms with Gasteiger partial charge in [-0.3, -0.25) is 0 Å². The number of nitrogens with one attached hydrogen (secondary N) is 1. The first kappa shape index (κ1) is 11.0. The Bertz CT molecular complexity index is 156. The third-order valence-electron chi connectivity index (χ3n) is 1.26. The quantitative estimate of drug-likeness (QED) is 0.654. The molecule has 0 saturated carbocycles. The first-order chi connectivity index (χ1) is 5.81. The summed E-state index contributed by atoms with van der Waals surface area (Å²) in [5, 5.41) is 12.6. The summed E-state index contributed by atoms with van der Waals surface area (Å²) in [7, 11) is 0. The van der Waals surface area contributed by atoms with Crippen molar-refractivity contribution in [3.05, 3.63) is 5.82 Å². The Balaban J connectivity index is 0.000000202. The van der Waals surface area contributed by atoms with Crippen molar-refractivity contribution in [3.8, 4) is 0 Å². The maximum absolute atomic E-state index is 5.21. The molecular formula is C7H17N5. The molecule has 1 rings (SSSR count). The van der Waals surface area contributed by atoms with E-state index >= 15 is 0 Å². The Morgan fingerprint density at radius 2 is 2.17 bits per heavy atom. The van der Waals surface area contributed by atoms with E-state index in [9.17, 15) is 0 Å². The molecule has 0 aliphatic carbocycles. The van der Waals surface area contributed by atoms with Gasteiger partial charge in [0.15, 0.2) is 0 Å². The van der Waals surface area contributed by atoms with Crippen molar-refractivity contribution in [1.82, 2.24) is 20.6 Å².